The molecule has 0 saturated carbocycles. The van der Waals surface area contributed by atoms with E-state index in [0.717, 1.165) is 0 Å². The summed E-state index contributed by atoms with van der Waals surface area (Å²) in [4.78, 5) is 37.4. The average Bonchev–Trinajstić information content (AvgIpc) is 3.06. The quantitative estimate of drug-likeness (QED) is 0.150. The second-order valence-electron chi connectivity index (χ2n) is 6.87. The van der Waals surface area contributed by atoms with Gasteiger partial charge in [-0.1, -0.05) is 18.2 Å². The van der Waals surface area contributed by atoms with E-state index in [1.54, 1.807) is 24.3 Å². The molecule has 168 valence electrons. The number of methoxy groups -OCH3 is 1. The number of carbonyl (C=O) groups excluding carboxylic acids is 2. The number of ether oxygens (including phenoxy) is 2. The highest BCUT2D eigenvalue weighted by atomic mass is 16.6. The third-order valence-electron chi connectivity index (χ3n) is 5.04. The van der Waals surface area contributed by atoms with Crippen molar-refractivity contribution < 1.29 is 34.2 Å². The standard InChI is InChI=1S/C22H22N2O8/c1-31-17-5-3-2-4-16(17)19-18(20(26)14-6-8-15(9-7-14)24(29)30)21(27)22(28)23(19)10-12-32-13-11-25/h2-9,19,25-26H,10-13H2,1H3. The zero-order valence-corrected chi connectivity index (χ0v) is 17.3. The van der Waals surface area contributed by atoms with E-state index < -0.39 is 28.4 Å². The van der Waals surface area contributed by atoms with Crippen molar-refractivity contribution in [1.82, 2.24) is 4.90 Å². The van der Waals surface area contributed by atoms with Gasteiger partial charge in [0.15, 0.2) is 0 Å². The molecule has 1 atom stereocenters. The van der Waals surface area contributed by atoms with Gasteiger partial charge in [0.2, 0.25) is 0 Å². The number of aliphatic hydroxyl groups excluding tert-OH is 2. The van der Waals surface area contributed by atoms with E-state index in [4.69, 9.17) is 14.6 Å². The van der Waals surface area contributed by atoms with Gasteiger partial charge < -0.3 is 24.6 Å². The molecular formula is C22H22N2O8. The molecule has 0 aliphatic carbocycles. The van der Waals surface area contributed by atoms with Crippen LogP contribution in [0.4, 0.5) is 5.69 Å². The lowest BCUT2D eigenvalue weighted by atomic mass is 9.94. The Morgan fingerprint density at radius 2 is 1.81 bits per heavy atom. The molecule has 32 heavy (non-hydrogen) atoms. The Labute approximate surface area is 183 Å². The summed E-state index contributed by atoms with van der Waals surface area (Å²) < 4.78 is 10.7. The molecule has 1 heterocycles. The number of rotatable bonds is 9. The summed E-state index contributed by atoms with van der Waals surface area (Å²) in [7, 11) is 1.45. The second kappa shape index (κ2) is 10.0. The number of hydrogen-bond acceptors (Lipinski definition) is 8. The third-order valence-corrected chi connectivity index (χ3v) is 5.04. The van der Waals surface area contributed by atoms with E-state index in [-0.39, 0.29) is 43.2 Å². The smallest absolute Gasteiger partial charge is 0.295 e. The Morgan fingerprint density at radius 3 is 2.44 bits per heavy atom. The van der Waals surface area contributed by atoms with E-state index in [2.05, 4.69) is 0 Å². The minimum Gasteiger partial charge on any atom is -0.507 e. The Hall–Kier alpha value is -3.76. The number of likely N-dealkylation sites (tertiary alicyclic amines) is 1. The lowest BCUT2D eigenvalue weighted by molar-refractivity contribution is -0.384. The van der Waals surface area contributed by atoms with Gasteiger partial charge >= 0.3 is 0 Å². The number of non-ortho nitro benzene ring substituents is 1. The predicted molar refractivity (Wildman–Crippen MR) is 113 cm³/mol. The van der Waals surface area contributed by atoms with Crippen LogP contribution in [0.5, 0.6) is 5.75 Å². The van der Waals surface area contributed by atoms with Crippen LogP contribution in [0.15, 0.2) is 54.1 Å². The topological polar surface area (TPSA) is 139 Å². The minimum absolute atomic E-state index is 0.0321. The summed E-state index contributed by atoms with van der Waals surface area (Å²) in [5.74, 6) is -1.75. The largest absolute Gasteiger partial charge is 0.507 e. The first-order valence-corrected chi connectivity index (χ1v) is 9.75. The molecule has 3 rings (SSSR count). The van der Waals surface area contributed by atoms with Gasteiger partial charge in [-0.15, -0.1) is 0 Å². The first-order chi connectivity index (χ1) is 15.4. The number of amides is 1. The number of nitro benzene ring substituents is 1. The minimum atomic E-state index is -0.959. The van der Waals surface area contributed by atoms with Crippen molar-refractivity contribution in [3.63, 3.8) is 0 Å². The van der Waals surface area contributed by atoms with E-state index in [9.17, 15) is 24.8 Å². The van der Waals surface area contributed by atoms with Gasteiger partial charge in [0.25, 0.3) is 17.4 Å². The Balaban J connectivity index is 2.10. The van der Waals surface area contributed by atoms with Gasteiger partial charge in [0.05, 0.1) is 43.5 Å². The molecule has 10 heteroatoms. The normalized spacial score (nSPS) is 17.6. The molecular weight excluding hydrogens is 420 g/mol. The monoisotopic (exact) mass is 442 g/mol. The molecule has 1 amide bonds. The Morgan fingerprint density at radius 1 is 1.12 bits per heavy atom. The number of nitro groups is 1. The first-order valence-electron chi connectivity index (χ1n) is 9.75. The van der Waals surface area contributed by atoms with Crippen molar-refractivity contribution >= 4 is 23.1 Å². The maximum Gasteiger partial charge on any atom is 0.295 e. The van der Waals surface area contributed by atoms with Crippen LogP contribution in [0.1, 0.15) is 17.2 Å². The SMILES string of the molecule is COc1ccccc1C1C(=C(O)c2ccc([N+](=O)[O-])cc2)C(=O)C(=O)N1CCOCCO. The highest BCUT2D eigenvalue weighted by Crippen LogP contribution is 2.42. The summed E-state index contributed by atoms with van der Waals surface area (Å²) in [6.07, 6.45) is 0. The fourth-order valence-corrected chi connectivity index (χ4v) is 3.55. The fraction of sp³-hybridized carbons (Fsp3) is 0.273. The zero-order chi connectivity index (χ0) is 23.3. The van der Waals surface area contributed by atoms with Crippen molar-refractivity contribution in [3.05, 3.63) is 75.3 Å². The van der Waals surface area contributed by atoms with Crippen LogP contribution in [0, 0.1) is 10.1 Å². The van der Waals surface area contributed by atoms with E-state index in [1.165, 1.54) is 36.3 Å². The maximum atomic E-state index is 12.9. The number of aliphatic hydroxyl groups is 2. The molecule has 1 saturated heterocycles. The van der Waals surface area contributed by atoms with Crippen molar-refractivity contribution in [2.45, 2.75) is 6.04 Å². The van der Waals surface area contributed by atoms with Crippen molar-refractivity contribution in [3.8, 4) is 5.75 Å². The highest BCUT2D eigenvalue weighted by molar-refractivity contribution is 6.46. The molecule has 2 N–H and O–H groups in total. The number of Topliss-reactive ketones (excluding diaryl/α,β-unsaturated/α-hetero) is 1. The zero-order valence-electron chi connectivity index (χ0n) is 17.3. The summed E-state index contributed by atoms with van der Waals surface area (Å²) in [5.41, 5.74) is 0.310. The summed E-state index contributed by atoms with van der Waals surface area (Å²) in [6, 6.07) is 10.9. The summed E-state index contributed by atoms with van der Waals surface area (Å²) in [6.45, 7) is -0.0118. The van der Waals surface area contributed by atoms with Crippen LogP contribution >= 0.6 is 0 Å². The average molecular weight is 442 g/mol. The number of hydrogen-bond donors (Lipinski definition) is 2. The van der Waals surface area contributed by atoms with Crippen molar-refractivity contribution in [1.29, 1.82) is 0 Å². The van der Waals surface area contributed by atoms with Crippen LogP contribution in [-0.4, -0.2) is 65.2 Å². The molecule has 1 fully saturated rings. The third kappa shape index (κ3) is 4.46. The van der Waals surface area contributed by atoms with E-state index >= 15 is 0 Å². The van der Waals surface area contributed by atoms with Crippen LogP contribution in [0.25, 0.3) is 5.76 Å². The van der Waals surface area contributed by atoms with Gasteiger partial charge in [-0.2, -0.15) is 0 Å². The molecule has 0 bridgehead atoms. The molecule has 0 aromatic heterocycles. The lowest BCUT2D eigenvalue weighted by Gasteiger charge is -2.26. The van der Waals surface area contributed by atoms with Crippen LogP contribution in [0.3, 0.4) is 0 Å². The van der Waals surface area contributed by atoms with Crippen molar-refractivity contribution in [2.24, 2.45) is 0 Å². The van der Waals surface area contributed by atoms with Crippen LogP contribution in [-0.2, 0) is 14.3 Å². The van der Waals surface area contributed by atoms with Gasteiger partial charge in [-0.3, -0.25) is 19.7 Å². The van der Waals surface area contributed by atoms with Gasteiger partial charge in [-0.25, -0.2) is 0 Å². The molecule has 0 radical (unpaired) electrons. The van der Waals surface area contributed by atoms with Gasteiger partial charge in [-0.05, 0) is 18.2 Å². The summed E-state index contributed by atoms with van der Waals surface area (Å²) >= 11 is 0. The molecule has 10 nitrogen and oxygen atoms in total. The number of carbonyl (C=O) groups is 2. The van der Waals surface area contributed by atoms with E-state index in [0.29, 0.717) is 11.3 Å². The highest BCUT2D eigenvalue weighted by Gasteiger charge is 2.46. The molecule has 2 aromatic rings. The molecule has 1 unspecified atom stereocenters. The second-order valence-corrected chi connectivity index (χ2v) is 6.87. The Kier molecular flexibility index (Phi) is 7.18. The Bertz CT molecular complexity index is 1050. The van der Waals surface area contributed by atoms with Gasteiger partial charge in [0, 0.05) is 29.8 Å². The molecule has 1 aliphatic rings. The number of benzene rings is 2. The summed E-state index contributed by atoms with van der Waals surface area (Å²) in [5, 5.41) is 30.8. The molecule has 2 aromatic carbocycles. The lowest BCUT2D eigenvalue weighted by Crippen LogP contribution is -2.33. The van der Waals surface area contributed by atoms with Gasteiger partial charge in [0.1, 0.15) is 11.5 Å². The maximum absolute atomic E-state index is 12.9. The van der Waals surface area contributed by atoms with Crippen molar-refractivity contribution in [2.75, 3.05) is 33.5 Å². The number of ketones is 1. The predicted octanol–water partition coefficient (Wildman–Crippen LogP) is 2.03. The first kappa shape index (κ1) is 22.9. The number of nitrogens with zero attached hydrogens (tertiary/aromatic N) is 2. The molecule has 1 aliphatic heterocycles. The van der Waals surface area contributed by atoms with E-state index in [1.807, 2.05) is 0 Å². The van der Waals surface area contributed by atoms with Crippen LogP contribution < -0.4 is 4.74 Å². The molecule has 0 spiro atoms. The number of para-hydroxylation sites is 1. The fourth-order valence-electron chi connectivity index (χ4n) is 3.55. The van der Waals surface area contributed by atoms with Crippen LogP contribution in [0.2, 0.25) is 0 Å².